The molecule has 1 saturated heterocycles. The number of nitrogens with one attached hydrogen (secondary N) is 2. The molecule has 2 N–H and O–H groups in total. The molecule has 2 heterocycles. The summed E-state index contributed by atoms with van der Waals surface area (Å²) >= 11 is 1.49. The van der Waals surface area contributed by atoms with Crippen LogP contribution in [0, 0.1) is 6.92 Å². The topological polar surface area (TPSA) is 83.6 Å². The molecule has 144 valence electrons. The fourth-order valence-electron chi connectivity index (χ4n) is 2.87. The van der Waals surface area contributed by atoms with Crippen LogP contribution < -0.4 is 10.6 Å². The summed E-state index contributed by atoms with van der Waals surface area (Å²) in [6.07, 6.45) is 0. The van der Waals surface area contributed by atoms with Gasteiger partial charge in [0.15, 0.2) is 0 Å². The zero-order valence-corrected chi connectivity index (χ0v) is 16.4. The van der Waals surface area contributed by atoms with Crippen molar-refractivity contribution < 1.29 is 14.3 Å². The summed E-state index contributed by atoms with van der Waals surface area (Å²) in [7, 11) is 0. The van der Waals surface area contributed by atoms with Crippen molar-refractivity contribution in [2.24, 2.45) is 0 Å². The maximum atomic E-state index is 12.5. The quantitative estimate of drug-likeness (QED) is 0.792. The Hall–Kier alpha value is -2.29. The van der Waals surface area contributed by atoms with E-state index in [2.05, 4.69) is 20.5 Å². The number of nitrogens with zero attached hydrogens (tertiary/aromatic N) is 2. The molecule has 1 aromatic heterocycles. The Morgan fingerprint density at radius 3 is 2.59 bits per heavy atom. The smallest absolute Gasteiger partial charge is 0.271 e. The number of rotatable bonds is 6. The third-order valence-electron chi connectivity index (χ3n) is 4.28. The lowest BCUT2D eigenvalue weighted by atomic mass is 10.2. The monoisotopic (exact) mass is 388 g/mol. The summed E-state index contributed by atoms with van der Waals surface area (Å²) in [4.78, 5) is 31.3. The summed E-state index contributed by atoms with van der Waals surface area (Å²) in [5.74, 6) is -0.248. The molecular formula is C19H24N4O3S. The van der Waals surface area contributed by atoms with Gasteiger partial charge in [-0.05, 0) is 31.2 Å². The number of morpholine rings is 1. The van der Waals surface area contributed by atoms with Gasteiger partial charge in [-0.3, -0.25) is 14.5 Å². The molecule has 0 saturated carbocycles. The molecule has 3 rings (SSSR count). The fourth-order valence-corrected chi connectivity index (χ4v) is 3.78. The first-order valence-electron chi connectivity index (χ1n) is 8.96. The molecule has 0 aliphatic carbocycles. The predicted octanol–water partition coefficient (Wildman–Crippen LogP) is 2.14. The third kappa shape index (κ3) is 5.35. The van der Waals surface area contributed by atoms with Gasteiger partial charge in [0.2, 0.25) is 5.91 Å². The van der Waals surface area contributed by atoms with E-state index in [4.69, 9.17) is 4.74 Å². The molecule has 8 heteroatoms. The Morgan fingerprint density at radius 2 is 1.93 bits per heavy atom. The number of amides is 2. The van der Waals surface area contributed by atoms with E-state index in [9.17, 15) is 9.59 Å². The van der Waals surface area contributed by atoms with Crippen LogP contribution in [0.25, 0.3) is 10.6 Å². The summed E-state index contributed by atoms with van der Waals surface area (Å²) in [6, 6.07) is 7.44. The maximum Gasteiger partial charge on any atom is 0.271 e. The lowest BCUT2D eigenvalue weighted by Gasteiger charge is -2.26. The van der Waals surface area contributed by atoms with Crippen LogP contribution in [0.1, 0.15) is 22.3 Å². The molecule has 7 nitrogen and oxygen atoms in total. The number of thiazole rings is 1. The Balaban J connectivity index is 1.59. The number of anilines is 1. The van der Waals surface area contributed by atoms with Crippen LogP contribution in [-0.2, 0) is 9.53 Å². The van der Waals surface area contributed by atoms with Gasteiger partial charge in [-0.2, -0.15) is 0 Å². The van der Waals surface area contributed by atoms with Crippen LogP contribution in [0.3, 0.4) is 0 Å². The minimum Gasteiger partial charge on any atom is -0.379 e. The number of hydrogen-bond acceptors (Lipinski definition) is 6. The zero-order chi connectivity index (χ0) is 19.2. The predicted molar refractivity (Wildman–Crippen MR) is 106 cm³/mol. The van der Waals surface area contributed by atoms with Gasteiger partial charge >= 0.3 is 0 Å². The molecule has 0 unspecified atom stereocenters. The maximum absolute atomic E-state index is 12.5. The molecule has 0 radical (unpaired) electrons. The van der Waals surface area contributed by atoms with Gasteiger partial charge in [-0.25, -0.2) is 4.98 Å². The second kappa shape index (κ2) is 9.07. The molecule has 1 fully saturated rings. The van der Waals surface area contributed by atoms with E-state index in [0.717, 1.165) is 54.0 Å². The third-order valence-corrected chi connectivity index (χ3v) is 5.30. The summed E-state index contributed by atoms with van der Waals surface area (Å²) in [5, 5.41) is 6.49. The van der Waals surface area contributed by atoms with Crippen molar-refractivity contribution in [2.45, 2.75) is 13.8 Å². The summed E-state index contributed by atoms with van der Waals surface area (Å²) in [5.41, 5.74) is 2.13. The zero-order valence-electron chi connectivity index (χ0n) is 15.6. The van der Waals surface area contributed by atoms with Crippen molar-refractivity contribution in [2.75, 3.05) is 44.7 Å². The Morgan fingerprint density at radius 1 is 1.22 bits per heavy atom. The highest BCUT2D eigenvalue weighted by atomic mass is 32.1. The van der Waals surface area contributed by atoms with Gasteiger partial charge in [-0.1, -0.05) is 0 Å². The van der Waals surface area contributed by atoms with E-state index in [0.29, 0.717) is 12.2 Å². The first-order chi connectivity index (χ1) is 13.0. The minimum absolute atomic E-state index is 0.108. The molecule has 0 bridgehead atoms. The van der Waals surface area contributed by atoms with Crippen molar-refractivity contribution in [1.82, 2.24) is 15.2 Å². The fraction of sp³-hybridized carbons (Fsp3) is 0.421. The van der Waals surface area contributed by atoms with E-state index in [-0.39, 0.29) is 11.8 Å². The second-order valence-corrected chi connectivity index (χ2v) is 7.60. The highest BCUT2D eigenvalue weighted by Gasteiger charge is 2.17. The number of ether oxygens (including phenoxy) is 1. The highest BCUT2D eigenvalue weighted by Crippen LogP contribution is 2.28. The van der Waals surface area contributed by atoms with Crippen LogP contribution in [0.15, 0.2) is 24.3 Å². The van der Waals surface area contributed by atoms with Crippen LogP contribution in [-0.4, -0.2) is 61.1 Å². The van der Waals surface area contributed by atoms with Gasteiger partial charge in [0.05, 0.1) is 13.2 Å². The van der Waals surface area contributed by atoms with Crippen molar-refractivity contribution in [3.8, 4) is 10.6 Å². The van der Waals surface area contributed by atoms with E-state index in [1.165, 1.54) is 18.3 Å². The first kappa shape index (κ1) is 19.5. The normalized spacial score (nSPS) is 14.7. The summed E-state index contributed by atoms with van der Waals surface area (Å²) < 4.78 is 5.32. The minimum atomic E-state index is -0.141. The van der Waals surface area contributed by atoms with E-state index >= 15 is 0 Å². The average Bonchev–Trinajstić information content (AvgIpc) is 3.04. The summed E-state index contributed by atoms with van der Waals surface area (Å²) in [6.45, 7) is 8.11. The number of aromatic nitrogens is 1. The van der Waals surface area contributed by atoms with Crippen molar-refractivity contribution in [1.29, 1.82) is 0 Å². The Kier molecular flexibility index (Phi) is 6.54. The van der Waals surface area contributed by atoms with Crippen LogP contribution in [0.4, 0.5) is 5.69 Å². The molecule has 1 aliphatic heterocycles. The number of carbonyl (C=O) groups is 2. The van der Waals surface area contributed by atoms with Crippen molar-refractivity contribution >= 4 is 28.8 Å². The highest BCUT2D eigenvalue weighted by molar-refractivity contribution is 7.15. The number of carbonyl (C=O) groups excluding carboxylic acids is 2. The largest absolute Gasteiger partial charge is 0.379 e. The molecule has 1 aliphatic rings. The molecular weight excluding hydrogens is 364 g/mol. The SMILES string of the molecule is CC(=O)Nc1ccc(-c2nc(C(=O)NCCN3CCOCC3)c(C)s2)cc1. The van der Waals surface area contributed by atoms with E-state index < -0.39 is 0 Å². The number of hydrogen-bond donors (Lipinski definition) is 2. The standard InChI is InChI=1S/C19H24N4O3S/c1-13-17(18(25)20-7-8-23-9-11-26-12-10-23)22-19(27-13)15-3-5-16(6-4-15)21-14(2)24/h3-6H,7-12H2,1-2H3,(H,20,25)(H,21,24). The second-order valence-electron chi connectivity index (χ2n) is 6.39. The van der Waals surface area contributed by atoms with Crippen LogP contribution in [0.5, 0.6) is 0 Å². The van der Waals surface area contributed by atoms with Gasteiger partial charge in [-0.15, -0.1) is 11.3 Å². The molecule has 0 spiro atoms. The number of aryl methyl sites for hydroxylation is 1. The van der Waals surface area contributed by atoms with E-state index in [1.54, 1.807) is 0 Å². The molecule has 1 aromatic carbocycles. The molecule has 2 amide bonds. The van der Waals surface area contributed by atoms with Gasteiger partial charge < -0.3 is 15.4 Å². The average molecular weight is 388 g/mol. The van der Waals surface area contributed by atoms with E-state index in [1.807, 2.05) is 31.2 Å². The molecule has 2 aromatic rings. The van der Waals surface area contributed by atoms with Gasteiger partial charge in [0.25, 0.3) is 5.91 Å². The van der Waals surface area contributed by atoms with Crippen molar-refractivity contribution in [3.05, 3.63) is 34.8 Å². The lowest BCUT2D eigenvalue weighted by Crippen LogP contribution is -2.41. The van der Waals surface area contributed by atoms with Crippen LogP contribution >= 0.6 is 11.3 Å². The lowest BCUT2D eigenvalue weighted by molar-refractivity contribution is -0.114. The Bertz CT molecular complexity index is 798. The molecule has 27 heavy (non-hydrogen) atoms. The number of benzene rings is 1. The Labute approximate surface area is 162 Å². The first-order valence-corrected chi connectivity index (χ1v) is 9.78. The van der Waals surface area contributed by atoms with Crippen molar-refractivity contribution in [3.63, 3.8) is 0 Å². The van der Waals surface area contributed by atoms with Gasteiger partial charge in [0, 0.05) is 49.2 Å². The van der Waals surface area contributed by atoms with Crippen LogP contribution in [0.2, 0.25) is 0 Å². The van der Waals surface area contributed by atoms with Gasteiger partial charge in [0.1, 0.15) is 10.7 Å². The molecule has 0 atom stereocenters.